The molecule has 1 saturated carbocycles. The van der Waals surface area contributed by atoms with Gasteiger partial charge in [0.2, 0.25) is 5.91 Å². The molecule has 4 rings (SSSR count). The Kier molecular flexibility index (Phi) is 7.17. The van der Waals surface area contributed by atoms with Crippen molar-refractivity contribution in [3.63, 3.8) is 0 Å². The summed E-state index contributed by atoms with van der Waals surface area (Å²) in [6.45, 7) is 5.20. The Morgan fingerprint density at radius 1 is 1.17 bits per heavy atom. The normalized spacial score (nSPS) is 13.7. The molecule has 0 bridgehead atoms. The van der Waals surface area contributed by atoms with Crippen molar-refractivity contribution in [1.82, 2.24) is 19.6 Å². The van der Waals surface area contributed by atoms with Gasteiger partial charge < -0.3 is 10.1 Å². The predicted molar refractivity (Wildman–Crippen MR) is 131 cm³/mol. The summed E-state index contributed by atoms with van der Waals surface area (Å²) in [5.74, 6) is -1.22. The van der Waals surface area contributed by atoms with Crippen LogP contribution >= 0.6 is 0 Å². The monoisotopic (exact) mass is 521 g/mol. The van der Waals surface area contributed by atoms with Crippen molar-refractivity contribution in [1.29, 1.82) is 0 Å². The molecule has 3 aromatic rings. The van der Waals surface area contributed by atoms with Gasteiger partial charge in [-0.15, -0.1) is 0 Å². The number of amides is 1. The minimum atomic E-state index is -3.26. The van der Waals surface area contributed by atoms with Crippen LogP contribution in [0.1, 0.15) is 49.4 Å². The van der Waals surface area contributed by atoms with Gasteiger partial charge in [0.25, 0.3) is 0 Å². The van der Waals surface area contributed by atoms with Gasteiger partial charge in [-0.1, -0.05) is 0 Å². The topological polar surface area (TPSA) is 108 Å². The first-order chi connectivity index (χ1) is 17.0. The van der Waals surface area contributed by atoms with Crippen molar-refractivity contribution >= 4 is 21.6 Å². The summed E-state index contributed by atoms with van der Waals surface area (Å²) in [7, 11) is -3.26. The molecular formula is C24H29F2N5O4S. The summed E-state index contributed by atoms with van der Waals surface area (Å²) in [6, 6.07) is 3.95. The second-order valence-corrected chi connectivity index (χ2v) is 11.3. The van der Waals surface area contributed by atoms with Crippen LogP contribution in [0.25, 0.3) is 11.4 Å². The fourth-order valence-electron chi connectivity index (χ4n) is 4.17. The number of hydrogen-bond acceptors (Lipinski definition) is 6. The van der Waals surface area contributed by atoms with E-state index in [2.05, 4.69) is 15.5 Å². The van der Waals surface area contributed by atoms with Gasteiger partial charge in [-0.3, -0.25) is 9.48 Å². The molecule has 194 valence electrons. The fourth-order valence-corrected chi connectivity index (χ4v) is 4.67. The van der Waals surface area contributed by atoms with E-state index in [0.29, 0.717) is 23.8 Å². The Bertz CT molecular complexity index is 1390. The molecule has 2 aromatic heterocycles. The highest BCUT2D eigenvalue weighted by Gasteiger charge is 2.32. The first-order valence-electron chi connectivity index (χ1n) is 11.7. The molecule has 12 heteroatoms. The minimum absolute atomic E-state index is 0.0479. The maximum Gasteiger partial charge on any atom is 0.222 e. The van der Waals surface area contributed by atoms with Gasteiger partial charge in [-0.25, -0.2) is 21.9 Å². The summed E-state index contributed by atoms with van der Waals surface area (Å²) in [5, 5.41) is 11.8. The van der Waals surface area contributed by atoms with E-state index < -0.39 is 21.5 Å². The maximum absolute atomic E-state index is 14.8. The number of carbonyl (C=O) groups excluding carboxylic acids is 1. The van der Waals surface area contributed by atoms with Gasteiger partial charge in [0.05, 0.1) is 25.4 Å². The predicted octanol–water partition coefficient (Wildman–Crippen LogP) is 3.66. The molecule has 1 aromatic carbocycles. The quantitative estimate of drug-likeness (QED) is 0.436. The summed E-state index contributed by atoms with van der Waals surface area (Å²) in [5.41, 5.74) is 2.52. The van der Waals surface area contributed by atoms with Crippen molar-refractivity contribution in [2.75, 3.05) is 23.9 Å². The highest BCUT2D eigenvalue weighted by Crippen LogP contribution is 2.44. The third kappa shape index (κ3) is 5.75. The van der Waals surface area contributed by atoms with E-state index in [1.165, 1.54) is 23.7 Å². The number of anilines is 1. The number of rotatable bonds is 10. The van der Waals surface area contributed by atoms with Gasteiger partial charge in [0.15, 0.2) is 0 Å². The molecule has 1 fully saturated rings. The highest BCUT2D eigenvalue weighted by atomic mass is 32.2. The Hall–Kier alpha value is -3.28. The van der Waals surface area contributed by atoms with E-state index in [9.17, 15) is 22.0 Å². The molecule has 36 heavy (non-hydrogen) atoms. The molecule has 0 unspecified atom stereocenters. The first kappa shape index (κ1) is 25.8. The smallest absolute Gasteiger partial charge is 0.222 e. The van der Waals surface area contributed by atoms with Crippen molar-refractivity contribution in [3.05, 3.63) is 46.7 Å². The summed E-state index contributed by atoms with van der Waals surface area (Å²) in [4.78, 5) is 11.7. The Morgan fingerprint density at radius 3 is 2.39 bits per heavy atom. The number of ether oxygens (including phenoxy) is 1. The lowest BCUT2D eigenvalue weighted by Crippen LogP contribution is -2.16. The van der Waals surface area contributed by atoms with Gasteiger partial charge >= 0.3 is 0 Å². The summed E-state index contributed by atoms with van der Waals surface area (Å²) >= 11 is 0. The average Bonchev–Trinajstić information content (AvgIpc) is 3.44. The Morgan fingerprint density at radius 2 is 1.83 bits per heavy atom. The molecule has 1 amide bonds. The molecule has 1 aliphatic carbocycles. The second kappa shape index (κ2) is 10.00. The molecule has 1 aliphatic rings. The number of aryl methyl sites for hydroxylation is 1. The van der Waals surface area contributed by atoms with Crippen molar-refractivity contribution in [2.24, 2.45) is 0 Å². The van der Waals surface area contributed by atoms with E-state index in [0.717, 1.165) is 30.4 Å². The third-order valence-electron chi connectivity index (χ3n) is 5.94. The van der Waals surface area contributed by atoms with E-state index in [1.807, 2.05) is 6.92 Å². The maximum atomic E-state index is 14.8. The van der Waals surface area contributed by atoms with Crippen molar-refractivity contribution in [3.8, 4) is 17.1 Å². The zero-order valence-corrected chi connectivity index (χ0v) is 21.5. The van der Waals surface area contributed by atoms with E-state index in [1.54, 1.807) is 17.7 Å². The molecule has 9 nitrogen and oxygen atoms in total. The summed E-state index contributed by atoms with van der Waals surface area (Å²) < 4.78 is 61.2. The van der Waals surface area contributed by atoms with Gasteiger partial charge in [0, 0.05) is 54.1 Å². The number of aromatic nitrogens is 4. The van der Waals surface area contributed by atoms with Crippen LogP contribution in [-0.4, -0.2) is 52.5 Å². The largest absolute Gasteiger partial charge is 0.494 e. The van der Waals surface area contributed by atoms with Crippen LogP contribution in [0.2, 0.25) is 0 Å². The molecule has 0 spiro atoms. The summed E-state index contributed by atoms with van der Waals surface area (Å²) in [6.07, 6.45) is 3.02. The van der Waals surface area contributed by atoms with Crippen LogP contribution < -0.4 is 10.1 Å². The minimum Gasteiger partial charge on any atom is -0.494 e. The van der Waals surface area contributed by atoms with Crippen molar-refractivity contribution in [2.45, 2.75) is 52.6 Å². The lowest BCUT2D eigenvalue weighted by molar-refractivity contribution is -0.114. The van der Waals surface area contributed by atoms with Gasteiger partial charge in [0.1, 0.15) is 44.4 Å². The van der Waals surface area contributed by atoms with Crippen LogP contribution in [0.15, 0.2) is 18.2 Å². The number of nitrogens with zero attached hydrogens (tertiary/aromatic N) is 4. The number of sulfone groups is 1. The van der Waals surface area contributed by atoms with Crippen LogP contribution in [0.3, 0.4) is 0 Å². The number of nitrogens with one attached hydrogen (secondary N) is 1. The molecule has 0 radical (unpaired) electrons. The number of halogens is 2. The number of carbonyl (C=O) groups is 1. The first-order valence-corrected chi connectivity index (χ1v) is 13.7. The fraction of sp³-hybridized carbons (Fsp3) is 0.458. The molecule has 1 N–H and O–H groups in total. The van der Waals surface area contributed by atoms with E-state index >= 15 is 0 Å². The zero-order chi connectivity index (χ0) is 26.2. The molecular weight excluding hydrogens is 492 g/mol. The van der Waals surface area contributed by atoms with Gasteiger partial charge in [-0.05, 0) is 26.7 Å². The highest BCUT2D eigenvalue weighted by molar-refractivity contribution is 7.90. The Labute approximate surface area is 208 Å². The number of hydrogen-bond donors (Lipinski definition) is 1. The van der Waals surface area contributed by atoms with E-state index in [4.69, 9.17) is 4.74 Å². The second-order valence-electron chi connectivity index (χ2n) is 9.04. The Balaban J connectivity index is 1.73. The number of benzene rings is 1. The third-order valence-corrected chi connectivity index (χ3v) is 6.86. The molecule has 0 saturated heterocycles. The molecule has 0 atom stereocenters. The van der Waals surface area contributed by atoms with Crippen LogP contribution in [-0.2, 0) is 27.7 Å². The molecule has 0 aliphatic heterocycles. The van der Waals surface area contributed by atoms with Crippen molar-refractivity contribution < 1.29 is 26.7 Å². The van der Waals surface area contributed by atoms with E-state index in [-0.39, 0.29) is 42.0 Å². The van der Waals surface area contributed by atoms with Gasteiger partial charge in [-0.2, -0.15) is 10.2 Å². The average molecular weight is 522 g/mol. The van der Waals surface area contributed by atoms with Crippen LogP contribution in [0, 0.1) is 18.6 Å². The SMILES string of the molecule is CCOc1cc(F)c(Cn2nc(-c3cc(NC(C)=O)n(CCS(C)(=O)=O)n3)c(C)c2C2CC2)c(F)c1. The molecule has 2 heterocycles. The van der Waals surface area contributed by atoms with Crippen LogP contribution in [0.5, 0.6) is 5.75 Å². The lowest BCUT2D eigenvalue weighted by Gasteiger charge is -2.11. The standard InChI is InChI=1S/C24H29F2N5O4S/c1-5-35-17-10-19(25)18(20(26)11-17)13-31-24(16-6-7-16)14(2)23(29-31)21-12-22(27-15(3)32)30(28-21)8-9-36(4,33)34/h10-12,16H,5-9,13H2,1-4H3,(H,27,32). The lowest BCUT2D eigenvalue weighted by atomic mass is 10.1. The van der Waals surface area contributed by atoms with Crippen LogP contribution in [0.4, 0.5) is 14.6 Å². The zero-order valence-electron chi connectivity index (χ0n) is 20.6.